The van der Waals surface area contributed by atoms with E-state index in [1.807, 2.05) is 0 Å². The molecule has 0 fully saturated rings. The molecule has 0 bridgehead atoms. The molecule has 1 N–H and O–H groups in total. The summed E-state index contributed by atoms with van der Waals surface area (Å²) in [5.74, 6) is 0.199. The van der Waals surface area contributed by atoms with Crippen LogP contribution in [0.4, 0.5) is 5.69 Å². The Bertz CT molecular complexity index is 965. The molecule has 1 aromatic heterocycles. The number of aromatic amines is 1. The number of aromatic nitrogens is 3. The van der Waals surface area contributed by atoms with Crippen molar-refractivity contribution >= 4 is 28.9 Å². The van der Waals surface area contributed by atoms with Crippen molar-refractivity contribution in [2.24, 2.45) is 0 Å². The van der Waals surface area contributed by atoms with Crippen LogP contribution < -0.4 is 5.69 Å². The second-order valence-electron chi connectivity index (χ2n) is 4.59. The summed E-state index contributed by atoms with van der Waals surface area (Å²) < 4.78 is 1.08. The first kappa shape index (κ1) is 15.3. The highest BCUT2D eigenvalue weighted by atomic mass is 35.5. The molecule has 2 aromatic carbocycles. The Morgan fingerprint density at radius 2 is 1.96 bits per heavy atom. The molecule has 0 aliphatic rings. The first-order valence-electron chi connectivity index (χ1n) is 6.35. The molecule has 7 nitrogen and oxygen atoms in total. The van der Waals surface area contributed by atoms with Gasteiger partial charge in [-0.2, -0.15) is 4.68 Å². The van der Waals surface area contributed by atoms with Gasteiger partial charge in [-0.05, 0) is 18.2 Å². The summed E-state index contributed by atoms with van der Waals surface area (Å²) in [6, 6.07) is 10.4. The van der Waals surface area contributed by atoms with E-state index >= 15 is 0 Å². The van der Waals surface area contributed by atoms with Gasteiger partial charge in [-0.15, -0.1) is 5.10 Å². The minimum absolute atomic E-state index is 0.0950. The molecule has 0 aliphatic heterocycles. The van der Waals surface area contributed by atoms with E-state index in [-0.39, 0.29) is 16.5 Å². The lowest BCUT2D eigenvalue weighted by Gasteiger charge is -2.02. The van der Waals surface area contributed by atoms with Crippen molar-refractivity contribution in [3.8, 4) is 17.1 Å². The topological polar surface area (TPSA) is 93.8 Å². The summed E-state index contributed by atoms with van der Waals surface area (Å²) in [5.41, 5.74) is 0.160. The third-order valence-corrected chi connectivity index (χ3v) is 3.62. The van der Waals surface area contributed by atoms with E-state index in [1.165, 1.54) is 24.3 Å². The van der Waals surface area contributed by atoms with Crippen molar-refractivity contribution < 1.29 is 4.92 Å². The number of benzene rings is 2. The molecule has 0 aliphatic carbocycles. The number of H-pyrrole nitrogens is 1. The zero-order chi connectivity index (χ0) is 16.6. The Kier molecular flexibility index (Phi) is 3.89. The minimum atomic E-state index is -0.519. The monoisotopic (exact) mass is 350 g/mol. The summed E-state index contributed by atoms with van der Waals surface area (Å²) in [6.07, 6.45) is 0. The molecule has 0 saturated carbocycles. The van der Waals surface area contributed by atoms with E-state index < -0.39 is 10.6 Å². The van der Waals surface area contributed by atoms with Crippen LogP contribution in [0.15, 0.2) is 47.3 Å². The second-order valence-corrected chi connectivity index (χ2v) is 5.44. The van der Waals surface area contributed by atoms with Gasteiger partial charge in [-0.1, -0.05) is 35.3 Å². The Hall–Kier alpha value is -2.64. The van der Waals surface area contributed by atoms with Crippen molar-refractivity contribution in [3.63, 3.8) is 0 Å². The molecule has 0 spiro atoms. The highest BCUT2D eigenvalue weighted by molar-refractivity contribution is 6.35. The Labute approximate surface area is 139 Å². The average Bonchev–Trinajstić information content (AvgIpc) is 2.89. The smallest absolute Gasteiger partial charge is 0.288 e. The van der Waals surface area contributed by atoms with Gasteiger partial charge in [0, 0.05) is 22.7 Å². The van der Waals surface area contributed by atoms with E-state index in [4.69, 9.17) is 23.2 Å². The molecule has 0 unspecified atom stereocenters. The van der Waals surface area contributed by atoms with Crippen molar-refractivity contribution in [3.05, 3.63) is 73.1 Å². The fourth-order valence-corrected chi connectivity index (χ4v) is 2.53. The van der Waals surface area contributed by atoms with Crippen molar-refractivity contribution in [1.82, 2.24) is 14.8 Å². The van der Waals surface area contributed by atoms with Crippen LogP contribution in [-0.4, -0.2) is 19.7 Å². The molecular weight excluding hydrogens is 343 g/mol. The molecule has 0 saturated heterocycles. The van der Waals surface area contributed by atoms with E-state index in [0.717, 1.165) is 4.68 Å². The summed E-state index contributed by atoms with van der Waals surface area (Å²) in [4.78, 5) is 25.0. The summed E-state index contributed by atoms with van der Waals surface area (Å²) in [6.45, 7) is 0. The molecule has 0 amide bonds. The highest BCUT2D eigenvalue weighted by Gasteiger charge is 2.14. The molecule has 0 atom stereocenters. The quantitative estimate of drug-likeness (QED) is 0.578. The van der Waals surface area contributed by atoms with Crippen molar-refractivity contribution in [2.75, 3.05) is 0 Å². The Morgan fingerprint density at radius 1 is 1.17 bits per heavy atom. The molecule has 1 heterocycles. The van der Waals surface area contributed by atoms with Crippen LogP contribution in [0.1, 0.15) is 0 Å². The van der Waals surface area contributed by atoms with E-state index in [9.17, 15) is 14.9 Å². The van der Waals surface area contributed by atoms with Gasteiger partial charge >= 0.3 is 5.69 Å². The number of non-ortho nitro benzene ring substituents is 1. The summed E-state index contributed by atoms with van der Waals surface area (Å²) in [5, 5.41) is 15.7. The van der Waals surface area contributed by atoms with Crippen LogP contribution in [0.3, 0.4) is 0 Å². The van der Waals surface area contributed by atoms with Crippen LogP contribution in [0, 0.1) is 10.1 Å². The molecule has 23 heavy (non-hydrogen) atoms. The van der Waals surface area contributed by atoms with Gasteiger partial charge in [-0.25, -0.2) is 4.79 Å². The van der Waals surface area contributed by atoms with E-state index in [1.54, 1.807) is 18.2 Å². The van der Waals surface area contributed by atoms with Crippen LogP contribution >= 0.6 is 23.2 Å². The number of nitrogens with one attached hydrogen (secondary N) is 1. The summed E-state index contributed by atoms with van der Waals surface area (Å²) >= 11 is 11.9. The molecule has 9 heteroatoms. The predicted octanol–water partition coefficient (Wildman–Crippen LogP) is 3.44. The predicted molar refractivity (Wildman–Crippen MR) is 86.3 cm³/mol. The number of hydrogen-bond acceptors (Lipinski definition) is 4. The third kappa shape index (κ3) is 2.96. The SMILES string of the molecule is O=c1[nH]c(-c2cccc([N+](=O)[O-])c2)nn1-c1ccc(Cl)cc1Cl. The van der Waals surface area contributed by atoms with Crippen LogP contribution in [0.2, 0.25) is 10.0 Å². The van der Waals surface area contributed by atoms with Gasteiger partial charge < -0.3 is 0 Å². The maximum Gasteiger partial charge on any atom is 0.348 e. The number of rotatable bonds is 3. The first-order chi connectivity index (χ1) is 11.0. The van der Waals surface area contributed by atoms with Gasteiger partial charge in [0.1, 0.15) is 0 Å². The molecular formula is C14H8Cl2N4O3. The van der Waals surface area contributed by atoms with Gasteiger partial charge in [0.15, 0.2) is 5.82 Å². The zero-order valence-corrected chi connectivity index (χ0v) is 12.9. The molecule has 3 rings (SSSR count). The average molecular weight is 351 g/mol. The maximum absolute atomic E-state index is 12.1. The Balaban J connectivity index is 2.10. The normalized spacial score (nSPS) is 10.7. The molecule has 0 radical (unpaired) electrons. The van der Waals surface area contributed by atoms with Gasteiger partial charge in [0.05, 0.1) is 15.6 Å². The highest BCUT2D eigenvalue weighted by Crippen LogP contribution is 2.24. The lowest BCUT2D eigenvalue weighted by atomic mass is 10.2. The second kappa shape index (κ2) is 5.86. The van der Waals surface area contributed by atoms with E-state index in [0.29, 0.717) is 16.3 Å². The van der Waals surface area contributed by atoms with E-state index in [2.05, 4.69) is 10.1 Å². The standard InChI is InChI=1S/C14H8Cl2N4O3/c15-9-4-5-12(11(16)7-9)19-14(21)17-13(18-19)8-2-1-3-10(6-8)20(22)23/h1-7H,(H,17,18,21). The fraction of sp³-hybridized carbons (Fsp3) is 0. The van der Waals surface area contributed by atoms with Crippen LogP contribution in [0.5, 0.6) is 0 Å². The fourth-order valence-electron chi connectivity index (χ4n) is 2.04. The minimum Gasteiger partial charge on any atom is -0.288 e. The van der Waals surface area contributed by atoms with Gasteiger partial charge in [-0.3, -0.25) is 15.1 Å². The lowest BCUT2D eigenvalue weighted by molar-refractivity contribution is -0.384. The largest absolute Gasteiger partial charge is 0.348 e. The number of nitro benzene ring substituents is 1. The number of nitro groups is 1. The molecule has 3 aromatic rings. The molecule has 116 valence electrons. The van der Waals surface area contributed by atoms with Crippen LogP contribution in [-0.2, 0) is 0 Å². The lowest BCUT2D eigenvalue weighted by Crippen LogP contribution is -2.16. The van der Waals surface area contributed by atoms with Crippen molar-refractivity contribution in [2.45, 2.75) is 0 Å². The Morgan fingerprint density at radius 3 is 2.65 bits per heavy atom. The number of hydrogen-bond donors (Lipinski definition) is 1. The maximum atomic E-state index is 12.1. The third-order valence-electron chi connectivity index (χ3n) is 3.09. The number of halogens is 2. The number of nitrogens with zero attached hydrogens (tertiary/aromatic N) is 3. The van der Waals surface area contributed by atoms with Crippen molar-refractivity contribution in [1.29, 1.82) is 0 Å². The zero-order valence-electron chi connectivity index (χ0n) is 11.4. The van der Waals surface area contributed by atoms with Crippen LogP contribution in [0.25, 0.3) is 17.1 Å². The summed E-state index contributed by atoms with van der Waals surface area (Å²) in [7, 11) is 0. The van der Waals surface area contributed by atoms with Gasteiger partial charge in [0.25, 0.3) is 5.69 Å². The first-order valence-corrected chi connectivity index (χ1v) is 7.11. The van der Waals surface area contributed by atoms with Gasteiger partial charge in [0.2, 0.25) is 0 Å².